The molecule has 3 fully saturated rings. The molecule has 1 spiro atoms. The van der Waals surface area contributed by atoms with E-state index in [-0.39, 0.29) is 6.61 Å². The Morgan fingerprint density at radius 1 is 1.00 bits per heavy atom. The van der Waals surface area contributed by atoms with E-state index >= 15 is 0 Å². The van der Waals surface area contributed by atoms with E-state index in [0.29, 0.717) is 0 Å². The fraction of sp³-hybridized carbons (Fsp3) is 1.00. The van der Waals surface area contributed by atoms with E-state index < -0.39 is 35.9 Å². The van der Waals surface area contributed by atoms with Crippen molar-refractivity contribution in [1.82, 2.24) is 0 Å². The SMILES string of the molecule is CC1(C)OC2C(O)OC3(COC(C)(C)O3)C2O1. The Hall–Kier alpha value is -0.240. The Kier molecular flexibility index (Phi) is 2.23. The van der Waals surface area contributed by atoms with Gasteiger partial charge in [0.15, 0.2) is 17.9 Å². The van der Waals surface area contributed by atoms with Crippen LogP contribution in [0.4, 0.5) is 0 Å². The lowest BCUT2D eigenvalue weighted by Gasteiger charge is -2.29. The van der Waals surface area contributed by atoms with E-state index in [1.807, 2.05) is 0 Å². The number of rotatable bonds is 0. The molecule has 17 heavy (non-hydrogen) atoms. The molecule has 0 aliphatic carbocycles. The predicted molar refractivity (Wildman–Crippen MR) is 54.8 cm³/mol. The van der Waals surface area contributed by atoms with E-state index in [9.17, 15) is 5.11 Å². The lowest BCUT2D eigenvalue weighted by atomic mass is 10.1. The van der Waals surface area contributed by atoms with Crippen molar-refractivity contribution in [2.45, 2.75) is 63.6 Å². The molecular weight excluding hydrogens is 228 g/mol. The fourth-order valence-corrected chi connectivity index (χ4v) is 2.62. The van der Waals surface area contributed by atoms with Crippen LogP contribution in [-0.4, -0.2) is 47.6 Å². The molecule has 0 bridgehead atoms. The number of aliphatic hydroxyl groups excluding tert-OH is 1. The first-order chi connectivity index (χ1) is 7.73. The average molecular weight is 246 g/mol. The van der Waals surface area contributed by atoms with Gasteiger partial charge in [-0.3, -0.25) is 0 Å². The minimum atomic E-state index is -1.07. The molecule has 3 aliphatic heterocycles. The molecule has 4 atom stereocenters. The van der Waals surface area contributed by atoms with Crippen LogP contribution in [0.15, 0.2) is 0 Å². The normalized spacial score (nSPS) is 51.0. The summed E-state index contributed by atoms with van der Waals surface area (Å²) in [6.45, 7) is 7.41. The second-order valence-corrected chi connectivity index (χ2v) is 5.63. The number of aliphatic hydroxyl groups is 1. The standard InChI is InChI=1S/C11H18O6/c1-9(2)13-5-11(17-9)7-6(8(12)16-11)14-10(3,4)15-7/h6-8,12H,5H2,1-4H3. The van der Waals surface area contributed by atoms with Gasteiger partial charge in [-0.2, -0.15) is 0 Å². The molecular formula is C11H18O6. The average Bonchev–Trinajstić information content (AvgIpc) is 2.71. The summed E-state index contributed by atoms with van der Waals surface area (Å²) >= 11 is 0. The lowest BCUT2D eigenvalue weighted by molar-refractivity contribution is -0.318. The summed E-state index contributed by atoms with van der Waals surface area (Å²) in [5, 5.41) is 9.86. The lowest BCUT2D eigenvalue weighted by Crippen LogP contribution is -2.46. The second-order valence-electron chi connectivity index (χ2n) is 5.63. The van der Waals surface area contributed by atoms with Crippen LogP contribution in [0.25, 0.3) is 0 Å². The highest BCUT2D eigenvalue weighted by Crippen LogP contribution is 2.48. The molecule has 0 radical (unpaired) electrons. The van der Waals surface area contributed by atoms with Gasteiger partial charge in [0, 0.05) is 0 Å². The van der Waals surface area contributed by atoms with Crippen LogP contribution in [0.1, 0.15) is 27.7 Å². The van der Waals surface area contributed by atoms with Crippen LogP contribution in [0, 0.1) is 0 Å². The molecule has 3 saturated heterocycles. The molecule has 3 aliphatic rings. The third kappa shape index (κ3) is 1.71. The highest BCUT2D eigenvalue weighted by molar-refractivity contribution is 5.02. The summed E-state index contributed by atoms with van der Waals surface area (Å²) in [6.07, 6.45) is -2.07. The van der Waals surface area contributed by atoms with Crippen LogP contribution >= 0.6 is 0 Å². The summed E-state index contributed by atoms with van der Waals surface area (Å²) in [5.41, 5.74) is 0. The van der Waals surface area contributed by atoms with Gasteiger partial charge in [0.25, 0.3) is 0 Å². The van der Waals surface area contributed by atoms with E-state index in [4.69, 9.17) is 23.7 Å². The van der Waals surface area contributed by atoms with Crippen LogP contribution in [0.2, 0.25) is 0 Å². The fourth-order valence-electron chi connectivity index (χ4n) is 2.62. The molecule has 1 N–H and O–H groups in total. The molecule has 4 unspecified atom stereocenters. The minimum Gasteiger partial charge on any atom is -0.366 e. The van der Waals surface area contributed by atoms with Gasteiger partial charge in [0.05, 0.1) is 0 Å². The van der Waals surface area contributed by atoms with Crippen molar-refractivity contribution in [1.29, 1.82) is 0 Å². The van der Waals surface area contributed by atoms with Crippen molar-refractivity contribution in [3.05, 3.63) is 0 Å². The second kappa shape index (κ2) is 3.20. The predicted octanol–water partition coefficient (Wildman–Crippen LogP) is 0.334. The Bertz CT molecular complexity index is 341. The minimum absolute atomic E-state index is 0.220. The number of hydrogen-bond donors (Lipinski definition) is 1. The maximum Gasteiger partial charge on any atom is 0.227 e. The van der Waals surface area contributed by atoms with Crippen LogP contribution in [-0.2, 0) is 23.7 Å². The van der Waals surface area contributed by atoms with Gasteiger partial charge < -0.3 is 28.8 Å². The highest BCUT2D eigenvalue weighted by Gasteiger charge is 2.67. The van der Waals surface area contributed by atoms with Gasteiger partial charge in [0.1, 0.15) is 18.8 Å². The first-order valence-corrected chi connectivity index (χ1v) is 5.79. The van der Waals surface area contributed by atoms with Gasteiger partial charge >= 0.3 is 0 Å². The third-order valence-corrected chi connectivity index (χ3v) is 3.20. The van der Waals surface area contributed by atoms with Gasteiger partial charge in [-0.05, 0) is 27.7 Å². The van der Waals surface area contributed by atoms with E-state index in [1.165, 1.54) is 0 Å². The molecule has 6 nitrogen and oxygen atoms in total. The van der Waals surface area contributed by atoms with Gasteiger partial charge in [0.2, 0.25) is 5.79 Å². The molecule has 0 amide bonds. The zero-order valence-electron chi connectivity index (χ0n) is 10.4. The summed E-state index contributed by atoms with van der Waals surface area (Å²) in [4.78, 5) is 0. The van der Waals surface area contributed by atoms with Gasteiger partial charge in [-0.25, -0.2) is 0 Å². The molecule has 3 heterocycles. The summed E-state index contributed by atoms with van der Waals surface area (Å²) in [7, 11) is 0. The van der Waals surface area contributed by atoms with Gasteiger partial charge in [-0.1, -0.05) is 0 Å². The van der Waals surface area contributed by atoms with Crippen LogP contribution in [0.3, 0.4) is 0 Å². The Morgan fingerprint density at radius 2 is 1.71 bits per heavy atom. The maximum absolute atomic E-state index is 9.86. The van der Waals surface area contributed by atoms with Crippen molar-refractivity contribution in [2.24, 2.45) is 0 Å². The molecule has 98 valence electrons. The summed E-state index contributed by atoms with van der Waals surface area (Å²) < 4.78 is 28.1. The Morgan fingerprint density at radius 3 is 2.29 bits per heavy atom. The first kappa shape index (κ1) is 11.8. The zero-order chi connectivity index (χ0) is 12.5. The van der Waals surface area contributed by atoms with Crippen LogP contribution < -0.4 is 0 Å². The van der Waals surface area contributed by atoms with E-state index in [0.717, 1.165) is 0 Å². The smallest absolute Gasteiger partial charge is 0.227 e. The third-order valence-electron chi connectivity index (χ3n) is 3.20. The molecule has 0 aromatic heterocycles. The largest absolute Gasteiger partial charge is 0.366 e. The molecule has 0 aromatic carbocycles. The first-order valence-electron chi connectivity index (χ1n) is 5.79. The monoisotopic (exact) mass is 246 g/mol. The van der Waals surface area contributed by atoms with Gasteiger partial charge in [-0.15, -0.1) is 0 Å². The van der Waals surface area contributed by atoms with Crippen molar-refractivity contribution in [2.75, 3.05) is 6.61 Å². The topological polar surface area (TPSA) is 66.4 Å². The number of ether oxygens (including phenoxy) is 5. The van der Waals surface area contributed by atoms with E-state index in [1.54, 1.807) is 27.7 Å². The molecule has 3 rings (SSSR count). The number of fused-ring (bicyclic) bond motifs is 2. The number of hydrogen-bond acceptors (Lipinski definition) is 6. The highest BCUT2D eigenvalue weighted by atomic mass is 16.9. The molecule has 6 heteroatoms. The molecule has 0 aromatic rings. The Labute approximate surface area is 99.7 Å². The zero-order valence-corrected chi connectivity index (χ0v) is 10.4. The van der Waals surface area contributed by atoms with Crippen molar-refractivity contribution < 1.29 is 28.8 Å². The Balaban J connectivity index is 1.89. The molecule has 0 saturated carbocycles. The van der Waals surface area contributed by atoms with Crippen molar-refractivity contribution in [3.63, 3.8) is 0 Å². The quantitative estimate of drug-likeness (QED) is 0.664. The maximum atomic E-state index is 9.86. The van der Waals surface area contributed by atoms with Crippen molar-refractivity contribution >= 4 is 0 Å². The van der Waals surface area contributed by atoms with Crippen molar-refractivity contribution in [3.8, 4) is 0 Å². The summed E-state index contributed by atoms with van der Waals surface area (Å²) in [6, 6.07) is 0. The summed E-state index contributed by atoms with van der Waals surface area (Å²) in [5.74, 6) is -2.56. The van der Waals surface area contributed by atoms with Crippen LogP contribution in [0.5, 0.6) is 0 Å². The van der Waals surface area contributed by atoms with E-state index in [2.05, 4.69) is 0 Å².